The van der Waals surface area contributed by atoms with E-state index in [0.717, 1.165) is 33.6 Å². The first-order chi connectivity index (χ1) is 12.8. The summed E-state index contributed by atoms with van der Waals surface area (Å²) >= 11 is 0. The average molecular weight is 364 g/mol. The highest BCUT2D eigenvalue weighted by molar-refractivity contribution is 6.04. The van der Waals surface area contributed by atoms with Crippen LogP contribution in [0.3, 0.4) is 0 Å². The van der Waals surface area contributed by atoms with Crippen molar-refractivity contribution in [1.82, 2.24) is 0 Å². The number of amides is 2. The second-order valence-corrected chi connectivity index (χ2v) is 7.88. The quantitative estimate of drug-likeness (QED) is 0.853. The molecule has 1 atom stereocenters. The lowest BCUT2D eigenvalue weighted by atomic mass is 9.97. The fourth-order valence-electron chi connectivity index (χ4n) is 3.79. The lowest BCUT2D eigenvalue weighted by Crippen LogP contribution is -2.29. The van der Waals surface area contributed by atoms with E-state index in [2.05, 4.69) is 31.3 Å². The van der Waals surface area contributed by atoms with Gasteiger partial charge in [0, 0.05) is 24.3 Å². The Balaban J connectivity index is 1.79. The first-order valence-corrected chi connectivity index (χ1v) is 9.56. The third kappa shape index (κ3) is 3.90. The molecule has 0 bridgehead atoms. The normalized spacial score (nSPS) is 16.9. The lowest BCUT2D eigenvalue weighted by molar-refractivity contribution is -0.122. The zero-order valence-electron chi connectivity index (χ0n) is 16.8. The lowest BCUT2D eigenvalue weighted by Gasteiger charge is -2.20. The average Bonchev–Trinajstić information content (AvgIpc) is 2.98. The predicted octanol–water partition coefficient (Wildman–Crippen LogP) is 4.73. The van der Waals surface area contributed by atoms with Crippen LogP contribution in [0.25, 0.3) is 0 Å². The molecule has 0 saturated carbocycles. The molecule has 142 valence electrons. The molecule has 1 saturated heterocycles. The van der Waals surface area contributed by atoms with Gasteiger partial charge in [-0.25, -0.2) is 0 Å². The van der Waals surface area contributed by atoms with E-state index in [4.69, 9.17) is 0 Å². The smallest absolute Gasteiger partial charge is 0.229 e. The van der Waals surface area contributed by atoms with E-state index in [-0.39, 0.29) is 24.2 Å². The standard InChI is InChI=1S/C23H28N2O2/c1-14(2)19-8-6-7-16(4)22(19)24-23(27)18-12-21(26)25(13-18)20-10-9-15(3)11-17(20)5/h6-11,14,18H,12-13H2,1-5H3,(H,24,27). The minimum absolute atomic E-state index is 0.0102. The number of hydrogen-bond acceptors (Lipinski definition) is 2. The number of aryl methyl sites for hydroxylation is 3. The van der Waals surface area contributed by atoms with E-state index in [1.165, 1.54) is 0 Å². The number of anilines is 2. The van der Waals surface area contributed by atoms with Crippen LogP contribution < -0.4 is 10.2 Å². The summed E-state index contributed by atoms with van der Waals surface area (Å²) in [5.74, 6) is -0.0854. The Morgan fingerprint density at radius 3 is 2.52 bits per heavy atom. The number of para-hydroxylation sites is 1. The Hall–Kier alpha value is -2.62. The summed E-state index contributed by atoms with van der Waals surface area (Å²) in [5, 5.41) is 3.10. The van der Waals surface area contributed by atoms with Crippen molar-refractivity contribution in [3.63, 3.8) is 0 Å². The Labute approximate surface area is 161 Å². The topological polar surface area (TPSA) is 49.4 Å². The summed E-state index contributed by atoms with van der Waals surface area (Å²) in [6.45, 7) is 10.7. The van der Waals surface area contributed by atoms with Crippen molar-refractivity contribution in [2.24, 2.45) is 5.92 Å². The van der Waals surface area contributed by atoms with Crippen LogP contribution in [-0.4, -0.2) is 18.4 Å². The molecule has 3 rings (SSSR count). The van der Waals surface area contributed by atoms with Gasteiger partial charge < -0.3 is 10.2 Å². The van der Waals surface area contributed by atoms with Crippen LogP contribution in [0.2, 0.25) is 0 Å². The van der Waals surface area contributed by atoms with Crippen LogP contribution in [0.5, 0.6) is 0 Å². The van der Waals surface area contributed by atoms with E-state index < -0.39 is 0 Å². The Morgan fingerprint density at radius 2 is 1.85 bits per heavy atom. The van der Waals surface area contributed by atoms with Crippen LogP contribution in [0, 0.1) is 26.7 Å². The number of nitrogens with zero attached hydrogens (tertiary/aromatic N) is 1. The Morgan fingerprint density at radius 1 is 1.11 bits per heavy atom. The monoisotopic (exact) mass is 364 g/mol. The fraction of sp³-hybridized carbons (Fsp3) is 0.391. The van der Waals surface area contributed by atoms with Crippen molar-refractivity contribution in [3.8, 4) is 0 Å². The van der Waals surface area contributed by atoms with Crippen LogP contribution >= 0.6 is 0 Å². The van der Waals surface area contributed by atoms with Gasteiger partial charge in [-0.2, -0.15) is 0 Å². The van der Waals surface area contributed by atoms with E-state index in [1.54, 1.807) is 4.90 Å². The van der Waals surface area contributed by atoms with Crippen molar-refractivity contribution < 1.29 is 9.59 Å². The number of hydrogen-bond donors (Lipinski definition) is 1. The molecule has 1 N–H and O–H groups in total. The highest BCUT2D eigenvalue weighted by Crippen LogP contribution is 2.31. The van der Waals surface area contributed by atoms with Gasteiger partial charge in [0.05, 0.1) is 5.92 Å². The number of nitrogens with one attached hydrogen (secondary N) is 1. The third-order valence-electron chi connectivity index (χ3n) is 5.31. The number of rotatable bonds is 4. The van der Waals surface area contributed by atoms with Crippen LogP contribution in [-0.2, 0) is 9.59 Å². The minimum Gasteiger partial charge on any atom is -0.325 e. The molecule has 0 spiro atoms. The Bertz CT molecular complexity index is 886. The van der Waals surface area contributed by atoms with Gasteiger partial charge in [-0.15, -0.1) is 0 Å². The molecular weight excluding hydrogens is 336 g/mol. The van der Waals surface area contributed by atoms with Crippen molar-refractivity contribution in [2.45, 2.75) is 47.0 Å². The van der Waals surface area contributed by atoms with Crippen molar-refractivity contribution >= 4 is 23.2 Å². The summed E-state index contributed by atoms with van der Waals surface area (Å²) < 4.78 is 0. The second kappa shape index (κ2) is 7.55. The molecule has 0 radical (unpaired) electrons. The van der Waals surface area contributed by atoms with Gasteiger partial charge in [-0.3, -0.25) is 9.59 Å². The number of carbonyl (C=O) groups is 2. The van der Waals surface area contributed by atoms with Gasteiger partial charge in [0.25, 0.3) is 0 Å². The largest absolute Gasteiger partial charge is 0.325 e. The van der Waals surface area contributed by atoms with Crippen LogP contribution in [0.4, 0.5) is 11.4 Å². The van der Waals surface area contributed by atoms with E-state index in [0.29, 0.717) is 12.5 Å². The molecule has 0 aromatic heterocycles. The van der Waals surface area contributed by atoms with Gasteiger partial charge in [-0.05, 0) is 49.4 Å². The van der Waals surface area contributed by atoms with Gasteiger partial charge in [0.15, 0.2) is 0 Å². The number of benzene rings is 2. The summed E-state index contributed by atoms with van der Waals surface area (Å²) in [6.07, 6.45) is 0.252. The molecule has 27 heavy (non-hydrogen) atoms. The first-order valence-electron chi connectivity index (χ1n) is 9.56. The van der Waals surface area contributed by atoms with Gasteiger partial charge in [0.1, 0.15) is 0 Å². The van der Waals surface area contributed by atoms with Crippen molar-refractivity contribution in [1.29, 1.82) is 0 Å². The first kappa shape index (κ1) is 19.2. The predicted molar refractivity (Wildman–Crippen MR) is 110 cm³/mol. The molecule has 1 aliphatic heterocycles. The Kier molecular flexibility index (Phi) is 5.36. The van der Waals surface area contributed by atoms with Gasteiger partial charge in [0.2, 0.25) is 11.8 Å². The SMILES string of the molecule is Cc1ccc(N2CC(C(=O)Nc3c(C)cccc3C(C)C)CC2=O)c(C)c1. The summed E-state index contributed by atoms with van der Waals surface area (Å²) in [5.41, 5.74) is 6.18. The second-order valence-electron chi connectivity index (χ2n) is 7.88. The van der Waals surface area contributed by atoms with Crippen molar-refractivity contribution in [3.05, 3.63) is 58.7 Å². The maximum absolute atomic E-state index is 12.9. The maximum Gasteiger partial charge on any atom is 0.229 e. The minimum atomic E-state index is -0.335. The van der Waals surface area contributed by atoms with E-state index >= 15 is 0 Å². The molecule has 0 aliphatic carbocycles. The molecule has 1 aliphatic rings. The molecule has 4 heteroatoms. The summed E-state index contributed by atoms with van der Waals surface area (Å²) in [6, 6.07) is 12.1. The zero-order chi connectivity index (χ0) is 19.7. The maximum atomic E-state index is 12.9. The van der Waals surface area contributed by atoms with Gasteiger partial charge in [-0.1, -0.05) is 49.7 Å². The fourth-order valence-corrected chi connectivity index (χ4v) is 3.79. The summed E-state index contributed by atoms with van der Waals surface area (Å²) in [7, 11) is 0. The highest BCUT2D eigenvalue weighted by atomic mass is 16.2. The highest BCUT2D eigenvalue weighted by Gasteiger charge is 2.36. The molecule has 1 fully saturated rings. The molecule has 1 unspecified atom stereocenters. The van der Waals surface area contributed by atoms with Crippen molar-refractivity contribution in [2.75, 3.05) is 16.8 Å². The summed E-state index contributed by atoms with van der Waals surface area (Å²) in [4.78, 5) is 27.2. The molecule has 2 aromatic rings. The van der Waals surface area contributed by atoms with E-state index in [1.807, 2.05) is 45.0 Å². The molecule has 2 amide bonds. The molecule has 2 aromatic carbocycles. The zero-order valence-corrected chi connectivity index (χ0v) is 16.8. The number of carbonyl (C=O) groups excluding carboxylic acids is 2. The van der Waals surface area contributed by atoms with Crippen LogP contribution in [0.15, 0.2) is 36.4 Å². The molecule has 4 nitrogen and oxygen atoms in total. The van der Waals surface area contributed by atoms with E-state index in [9.17, 15) is 9.59 Å². The third-order valence-corrected chi connectivity index (χ3v) is 5.31. The molecular formula is C23H28N2O2. The molecule has 1 heterocycles. The van der Waals surface area contributed by atoms with Gasteiger partial charge >= 0.3 is 0 Å². The van der Waals surface area contributed by atoms with Crippen LogP contribution in [0.1, 0.15) is 48.4 Å².